The van der Waals surface area contributed by atoms with Crippen LogP contribution in [0.1, 0.15) is 12.0 Å². The summed E-state index contributed by atoms with van der Waals surface area (Å²) in [6, 6.07) is 4.92. The quantitative estimate of drug-likeness (QED) is 0.563. The summed E-state index contributed by atoms with van der Waals surface area (Å²) in [5, 5.41) is 8.18. The van der Waals surface area contributed by atoms with Crippen molar-refractivity contribution >= 4 is 0 Å². The summed E-state index contributed by atoms with van der Waals surface area (Å²) in [7, 11) is 0. The first-order valence-corrected chi connectivity index (χ1v) is 3.37. The van der Waals surface area contributed by atoms with Gasteiger partial charge in [-0.3, -0.25) is 4.79 Å². The van der Waals surface area contributed by atoms with E-state index in [0.29, 0.717) is 5.56 Å². The molecule has 0 saturated carbocycles. The average molecular weight is 158 g/mol. The molecule has 0 aliphatic rings. The highest BCUT2D eigenvalue weighted by Gasteiger charge is 1.84. The Morgan fingerprint density at radius 3 is 2.92 bits per heavy atom. The second-order valence-electron chi connectivity index (χ2n) is 2.08. The summed E-state index contributed by atoms with van der Waals surface area (Å²) in [5.74, 6) is 5.37. The highest BCUT2D eigenvalue weighted by molar-refractivity contribution is 5.31. The van der Waals surface area contributed by atoms with Gasteiger partial charge in [0, 0.05) is 17.8 Å². The molecule has 1 rings (SSSR count). The number of hydrogen-bond donors (Lipinski definition) is 1. The van der Waals surface area contributed by atoms with E-state index >= 15 is 0 Å². The second kappa shape index (κ2) is 4.00. The van der Waals surface area contributed by atoms with E-state index in [9.17, 15) is 4.79 Å². The molecule has 0 aliphatic heterocycles. The fourth-order valence-corrected chi connectivity index (χ4v) is 0.674. The molecule has 3 nitrogen and oxygen atoms in total. The Hall–Kier alpha value is -2.00. The molecule has 0 aromatic carbocycles. The minimum absolute atomic E-state index is 0.152. The molecule has 0 aliphatic carbocycles. The topological polar surface area (TPSA) is 56.6 Å². The predicted octanol–water partition coefficient (Wildman–Crippen LogP) is 0.640. The molecule has 3 heteroatoms. The van der Waals surface area contributed by atoms with Crippen molar-refractivity contribution in [1.29, 1.82) is 5.26 Å². The van der Waals surface area contributed by atoms with Gasteiger partial charge in [0.15, 0.2) is 0 Å². The molecule has 1 heterocycles. The van der Waals surface area contributed by atoms with E-state index in [1.807, 2.05) is 6.07 Å². The lowest BCUT2D eigenvalue weighted by Crippen LogP contribution is -2.01. The van der Waals surface area contributed by atoms with Crippen LogP contribution in [0, 0.1) is 23.2 Å². The number of aromatic amines is 1. The lowest BCUT2D eigenvalue weighted by atomic mass is 10.3. The van der Waals surface area contributed by atoms with Crippen molar-refractivity contribution in [2.24, 2.45) is 0 Å². The molecule has 0 radical (unpaired) electrons. The van der Waals surface area contributed by atoms with Crippen molar-refractivity contribution in [1.82, 2.24) is 4.98 Å². The zero-order chi connectivity index (χ0) is 8.81. The van der Waals surface area contributed by atoms with E-state index in [1.165, 1.54) is 12.3 Å². The van der Waals surface area contributed by atoms with Crippen molar-refractivity contribution in [3.05, 3.63) is 34.2 Å². The Morgan fingerprint density at radius 2 is 2.33 bits per heavy atom. The van der Waals surface area contributed by atoms with Crippen molar-refractivity contribution in [2.75, 3.05) is 0 Å². The first kappa shape index (κ1) is 8.10. The highest BCUT2D eigenvalue weighted by atomic mass is 16.1. The number of rotatable bonds is 0. The van der Waals surface area contributed by atoms with E-state index in [-0.39, 0.29) is 12.0 Å². The standard InChI is InChI=1S/C9H6N2O/c10-6-2-1-3-8-4-5-9(12)11-7-8/h4-5,7H,2H2,(H,11,12). The second-order valence-corrected chi connectivity index (χ2v) is 2.08. The number of nitriles is 1. The fourth-order valence-electron chi connectivity index (χ4n) is 0.674. The molecule has 0 atom stereocenters. The van der Waals surface area contributed by atoms with E-state index < -0.39 is 0 Å². The van der Waals surface area contributed by atoms with Crippen molar-refractivity contribution < 1.29 is 0 Å². The SMILES string of the molecule is N#CCC#Cc1ccc(=O)[nH]c1. The largest absolute Gasteiger partial charge is 0.328 e. The predicted molar refractivity (Wildman–Crippen MR) is 44.2 cm³/mol. The van der Waals surface area contributed by atoms with Crippen LogP contribution in [0.5, 0.6) is 0 Å². The normalized spacial score (nSPS) is 7.92. The van der Waals surface area contributed by atoms with Gasteiger partial charge < -0.3 is 4.98 Å². The number of hydrogen-bond acceptors (Lipinski definition) is 2. The van der Waals surface area contributed by atoms with Gasteiger partial charge in [0.1, 0.15) is 0 Å². The van der Waals surface area contributed by atoms with Crippen LogP contribution in [-0.4, -0.2) is 4.98 Å². The highest BCUT2D eigenvalue weighted by Crippen LogP contribution is 1.88. The molecule has 1 N–H and O–H groups in total. The molecule has 12 heavy (non-hydrogen) atoms. The molecular formula is C9H6N2O. The van der Waals surface area contributed by atoms with Gasteiger partial charge in [-0.25, -0.2) is 0 Å². The fraction of sp³-hybridized carbons (Fsp3) is 0.111. The summed E-state index contributed by atoms with van der Waals surface area (Å²) in [6.45, 7) is 0. The third-order valence-electron chi connectivity index (χ3n) is 1.18. The lowest BCUT2D eigenvalue weighted by Gasteiger charge is -1.85. The Balaban J connectivity index is 2.81. The molecule has 58 valence electrons. The smallest absolute Gasteiger partial charge is 0.247 e. The van der Waals surface area contributed by atoms with Gasteiger partial charge in [0.25, 0.3) is 0 Å². The molecule has 0 spiro atoms. The molecule has 0 fully saturated rings. The van der Waals surface area contributed by atoms with Crippen molar-refractivity contribution in [3.63, 3.8) is 0 Å². The molecule has 0 unspecified atom stereocenters. The Bertz CT molecular complexity index is 394. The van der Waals surface area contributed by atoms with Gasteiger partial charge in [0.05, 0.1) is 12.5 Å². The van der Waals surface area contributed by atoms with Gasteiger partial charge in [0.2, 0.25) is 5.56 Å². The minimum atomic E-state index is -0.152. The summed E-state index contributed by atoms with van der Waals surface area (Å²) in [6.07, 6.45) is 1.73. The van der Waals surface area contributed by atoms with Gasteiger partial charge in [-0.1, -0.05) is 11.8 Å². The van der Waals surface area contributed by atoms with Crippen LogP contribution in [0.2, 0.25) is 0 Å². The maximum absolute atomic E-state index is 10.6. The third-order valence-corrected chi connectivity index (χ3v) is 1.18. The van der Waals surface area contributed by atoms with Crippen LogP contribution in [0.15, 0.2) is 23.1 Å². The van der Waals surface area contributed by atoms with E-state index in [4.69, 9.17) is 5.26 Å². The monoisotopic (exact) mass is 158 g/mol. The van der Waals surface area contributed by atoms with Crippen LogP contribution in [-0.2, 0) is 0 Å². The van der Waals surface area contributed by atoms with Crippen LogP contribution in [0.25, 0.3) is 0 Å². The van der Waals surface area contributed by atoms with E-state index in [0.717, 1.165) is 0 Å². The minimum Gasteiger partial charge on any atom is -0.328 e. The van der Waals surface area contributed by atoms with Crippen LogP contribution in [0.3, 0.4) is 0 Å². The number of nitrogens with one attached hydrogen (secondary N) is 1. The van der Waals surface area contributed by atoms with E-state index in [2.05, 4.69) is 16.8 Å². The lowest BCUT2D eigenvalue weighted by molar-refractivity contribution is 1.23. The zero-order valence-corrected chi connectivity index (χ0v) is 6.29. The van der Waals surface area contributed by atoms with Crippen LogP contribution in [0.4, 0.5) is 0 Å². The summed E-state index contributed by atoms with van der Waals surface area (Å²) in [5.41, 5.74) is 0.561. The summed E-state index contributed by atoms with van der Waals surface area (Å²) < 4.78 is 0. The third kappa shape index (κ3) is 2.32. The maximum atomic E-state index is 10.6. The summed E-state index contributed by atoms with van der Waals surface area (Å²) in [4.78, 5) is 13.1. The van der Waals surface area contributed by atoms with Gasteiger partial charge in [-0.2, -0.15) is 5.26 Å². The first-order chi connectivity index (χ1) is 5.83. The molecule has 1 aromatic heterocycles. The van der Waals surface area contributed by atoms with E-state index in [1.54, 1.807) is 6.07 Å². The van der Waals surface area contributed by atoms with Crippen molar-refractivity contribution in [3.8, 4) is 17.9 Å². The molecule has 1 aromatic rings. The first-order valence-electron chi connectivity index (χ1n) is 3.37. The van der Waals surface area contributed by atoms with Crippen molar-refractivity contribution in [2.45, 2.75) is 6.42 Å². The Morgan fingerprint density at radius 1 is 1.50 bits per heavy atom. The Kier molecular flexibility index (Phi) is 2.70. The van der Waals surface area contributed by atoms with Crippen LogP contribution >= 0.6 is 0 Å². The van der Waals surface area contributed by atoms with Gasteiger partial charge in [-0.05, 0) is 6.07 Å². The van der Waals surface area contributed by atoms with Gasteiger partial charge >= 0.3 is 0 Å². The average Bonchev–Trinajstić information content (AvgIpc) is 2.09. The number of pyridine rings is 1. The molecule has 0 amide bonds. The number of nitrogens with zero attached hydrogens (tertiary/aromatic N) is 1. The maximum Gasteiger partial charge on any atom is 0.247 e. The summed E-state index contributed by atoms with van der Waals surface area (Å²) >= 11 is 0. The Labute approximate surface area is 69.7 Å². The molecular weight excluding hydrogens is 152 g/mol. The zero-order valence-electron chi connectivity index (χ0n) is 6.29. The number of H-pyrrole nitrogens is 1. The molecule has 0 saturated heterocycles. The van der Waals surface area contributed by atoms with Crippen LogP contribution < -0.4 is 5.56 Å². The number of aromatic nitrogens is 1. The van der Waals surface area contributed by atoms with Gasteiger partial charge in [-0.15, -0.1) is 0 Å². The molecule has 0 bridgehead atoms.